The summed E-state index contributed by atoms with van der Waals surface area (Å²) in [4.78, 5) is 22.6. The van der Waals surface area contributed by atoms with Gasteiger partial charge in [0.15, 0.2) is 0 Å². The molecule has 0 spiro atoms. The largest absolute Gasteiger partial charge is 0.381 e. The molecule has 6 rings (SSSR count). The zero-order chi connectivity index (χ0) is 31.9. The van der Waals surface area contributed by atoms with E-state index in [0.29, 0.717) is 49.5 Å². The third-order valence-corrected chi connectivity index (χ3v) is 9.51. The maximum Gasteiger partial charge on any atom is 0.229 e. The Morgan fingerprint density at radius 3 is 2.58 bits per heavy atom. The molecule has 1 saturated carbocycles. The molecule has 0 unspecified atom stereocenters. The highest BCUT2D eigenvalue weighted by atomic mass is 19.1. The molecule has 4 atom stereocenters. The van der Waals surface area contributed by atoms with Crippen molar-refractivity contribution in [3.63, 3.8) is 0 Å². The van der Waals surface area contributed by atoms with Gasteiger partial charge in [-0.1, -0.05) is 6.92 Å². The standard InChI is InChI=1S/C33H36F2N8O2/c1-19-12-21(13-27(37)31(19)42(3)20(2)44)24-6-9-38-17-29(24)40-32-39-16-23-4-5-28(41-43(23)32)30-25(34)14-22(15-26(30)35)33(18-36)7-10-45-11-8-33/h4-6,9,14-17,19,21,27,31H,7-8,10-13,37H2,1-3H3,(H,39,40)/t19-,21+,27+,31-/m0/s1. The van der Waals surface area contributed by atoms with Gasteiger partial charge in [0.1, 0.15) is 11.6 Å². The quantitative estimate of drug-likeness (QED) is 0.307. The first kappa shape index (κ1) is 30.6. The molecule has 3 aromatic heterocycles. The Hall–Kier alpha value is -4.47. The molecule has 10 nitrogen and oxygen atoms in total. The number of benzene rings is 1. The summed E-state index contributed by atoms with van der Waals surface area (Å²) in [5, 5.41) is 17.8. The number of nitrogens with zero attached hydrogens (tertiary/aromatic N) is 6. The van der Waals surface area contributed by atoms with E-state index in [1.54, 1.807) is 49.6 Å². The van der Waals surface area contributed by atoms with Crippen molar-refractivity contribution in [2.75, 3.05) is 25.6 Å². The van der Waals surface area contributed by atoms with Crippen LogP contribution in [0.1, 0.15) is 56.6 Å². The Morgan fingerprint density at radius 1 is 1.18 bits per heavy atom. The smallest absolute Gasteiger partial charge is 0.229 e. The number of halogens is 2. The number of aromatic nitrogens is 4. The Labute approximate surface area is 260 Å². The van der Waals surface area contributed by atoms with E-state index < -0.39 is 17.0 Å². The van der Waals surface area contributed by atoms with Gasteiger partial charge in [0, 0.05) is 45.5 Å². The normalized spacial score (nSPS) is 23.0. The first-order chi connectivity index (χ1) is 21.6. The van der Waals surface area contributed by atoms with Gasteiger partial charge in [0.2, 0.25) is 11.9 Å². The average Bonchev–Trinajstić information content (AvgIpc) is 3.42. The molecule has 2 aliphatic rings. The lowest BCUT2D eigenvalue weighted by molar-refractivity contribution is -0.131. The summed E-state index contributed by atoms with van der Waals surface area (Å²) in [6, 6.07) is 9.69. The van der Waals surface area contributed by atoms with Crippen LogP contribution >= 0.6 is 0 Å². The second-order valence-electron chi connectivity index (χ2n) is 12.3. The minimum Gasteiger partial charge on any atom is -0.381 e. The minimum atomic E-state index is -0.997. The summed E-state index contributed by atoms with van der Waals surface area (Å²) in [6.07, 6.45) is 7.31. The molecule has 4 heterocycles. The number of rotatable bonds is 6. The van der Waals surface area contributed by atoms with E-state index >= 15 is 8.78 Å². The van der Waals surface area contributed by atoms with Crippen LogP contribution in [-0.2, 0) is 14.9 Å². The van der Waals surface area contributed by atoms with E-state index in [2.05, 4.69) is 33.4 Å². The van der Waals surface area contributed by atoms with Gasteiger partial charge in [0.05, 0.1) is 46.3 Å². The summed E-state index contributed by atoms with van der Waals surface area (Å²) >= 11 is 0. The van der Waals surface area contributed by atoms with Crippen molar-refractivity contribution >= 4 is 23.1 Å². The van der Waals surface area contributed by atoms with Crippen LogP contribution in [0.4, 0.5) is 20.4 Å². The fraction of sp³-hybridized carbons (Fsp3) is 0.424. The lowest BCUT2D eigenvalue weighted by Crippen LogP contribution is -2.54. The highest BCUT2D eigenvalue weighted by Gasteiger charge is 2.38. The number of anilines is 2. The molecule has 3 N–H and O–H groups in total. The first-order valence-corrected chi connectivity index (χ1v) is 15.2. The molecule has 4 aromatic rings. The molecule has 1 amide bonds. The van der Waals surface area contributed by atoms with Crippen LogP contribution in [0.3, 0.4) is 0 Å². The third-order valence-electron chi connectivity index (χ3n) is 9.51. The number of fused-ring (bicyclic) bond motifs is 1. The predicted molar refractivity (Wildman–Crippen MR) is 165 cm³/mol. The zero-order valence-corrected chi connectivity index (χ0v) is 25.5. The van der Waals surface area contributed by atoms with Gasteiger partial charge in [-0.15, -0.1) is 0 Å². The number of nitrogens with two attached hydrogens (primary N) is 1. The zero-order valence-electron chi connectivity index (χ0n) is 25.5. The van der Waals surface area contributed by atoms with Gasteiger partial charge in [0.25, 0.3) is 0 Å². The Balaban J connectivity index is 1.30. The van der Waals surface area contributed by atoms with Gasteiger partial charge in [-0.25, -0.2) is 13.8 Å². The molecule has 234 valence electrons. The molecule has 1 aliphatic heterocycles. The van der Waals surface area contributed by atoms with Crippen molar-refractivity contribution in [2.45, 2.75) is 62.9 Å². The number of hydrogen-bond donors (Lipinski definition) is 2. The van der Waals surface area contributed by atoms with Gasteiger partial charge < -0.3 is 20.7 Å². The first-order valence-electron chi connectivity index (χ1n) is 15.2. The Kier molecular flexibility index (Phi) is 8.24. The topological polar surface area (TPSA) is 134 Å². The van der Waals surface area contributed by atoms with E-state index in [1.165, 1.54) is 16.6 Å². The van der Waals surface area contributed by atoms with Crippen molar-refractivity contribution in [1.82, 2.24) is 24.5 Å². The summed E-state index contributed by atoms with van der Waals surface area (Å²) in [5.74, 6) is -0.952. The number of amides is 1. The van der Waals surface area contributed by atoms with Gasteiger partial charge >= 0.3 is 0 Å². The number of likely N-dealkylation sites (N-methyl/N-ethyl adjacent to an activating group) is 1. The van der Waals surface area contributed by atoms with E-state index in [9.17, 15) is 10.1 Å². The van der Waals surface area contributed by atoms with E-state index in [0.717, 1.165) is 17.7 Å². The van der Waals surface area contributed by atoms with Crippen molar-refractivity contribution in [2.24, 2.45) is 11.7 Å². The van der Waals surface area contributed by atoms with Crippen LogP contribution in [0.2, 0.25) is 0 Å². The van der Waals surface area contributed by atoms with Crippen LogP contribution in [0.5, 0.6) is 0 Å². The van der Waals surface area contributed by atoms with Crippen LogP contribution in [0, 0.1) is 28.9 Å². The number of carbonyl (C=O) groups is 1. The van der Waals surface area contributed by atoms with E-state index in [4.69, 9.17) is 10.5 Å². The second-order valence-corrected chi connectivity index (χ2v) is 12.3. The molecule has 1 aliphatic carbocycles. The number of ether oxygens (including phenoxy) is 1. The summed E-state index contributed by atoms with van der Waals surface area (Å²) < 4.78 is 38.0. The highest BCUT2D eigenvalue weighted by Crippen LogP contribution is 2.41. The van der Waals surface area contributed by atoms with Crippen LogP contribution < -0.4 is 11.1 Å². The molecule has 1 saturated heterocycles. The van der Waals surface area contributed by atoms with E-state index in [-0.39, 0.29) is 41.1 Å². The van der Waals surface area contributed by atoms with Crippen molar-refractivity contribution in [1.29, 1.82) is 5.26 Å². The maximum absolute atomic E-state index is 15.6. The number of hydrogen-bond acceptors (Lipinski definition) is 8. The predicted octanol–water partition coefficient (Wildman–Crippen LogP) is 5.07. The Morgan fingerprint density at radius 2 is 1.91 bits per heavy atom. The number of nitrogens with one attached hydrogen (secondary N) is 1. The van der Waals surface area contributed by atoms with E-state index in [1.807, 2.05) is 6.07 Å². The molecule has 12 heteroatoms. The van der Waals surface area contributed by atoms with Gasteiger partial charge in [-0.3, -0.25) is 9.78 Å². The fourth-order valence-corrected chi connectivity index (χ4v) is 7.07. The molecule has 0 bridgehead atoms. The monoisotopic (exact) mass is 614 g/mol. The minimum absolute atomic E-state index is 0.00816. The van der Waals surface area contributed by atoms with Crippen molar-refractivity contribution in [3.05, 3.63) is 71.7 Å². The molecule has 2 fully saturated rings. The molecular formula is C33H36F2N8O2. The number of nitriles is 1. The Bertz CT molecular complexity index is 1750. The van der Waals surface area contributed by atoms with Gasteiger partial charge in [-0.2, -0.15) is 14.9 Å². The summed E-state index contributed by atoms with van der Waals surface area (Å²) in [7, 11) is 1.80. The average molecular weight is 615 g/mol. The molecule has 1 aromatic carbocycles. The van der Waals surface area contributed by atoms with Crippen LogP contribution in [-0.4, -0.2) is 62.7 Å². The fourth-order valence-electron chi connectivity index (χ4n) is 7.07. The number of imidazole rings is 1. The lowest BCUT2D eigenvalue weighted by Gasteiger charge is -2.43. The van der Waals surface area contributed by atoms with Crippen LogP contribution in [0.25, 0.3) is 16.8 Å². The number of pyridine rings is 1. The highest BCUT2D eigenvalue weighted by molar-refractivity contribution is 5.73. The molecule has 0 radical (unpaired) electrons. The van der Waals surface area contributed by atoms with Crippen molar-refractivity contribution < 1.29 is 18.3 Å². The van der Waals surface area contributed by atoms with Crippen LogP contribution in [0.15, 0.2) is 48.9 Å². The second kappa shape index (κ2) is 12.1. The number of carbonyl (C=O) groups excluding carboxylic acids is 1. The molecule has 45 heavy (non-hydrogen) atoms. The SMILES string of the molecule is CC(=O)N(C)[C@@H]1[C@H](N)C[C@H](c2ccncc2Nc2ncc3ccc(-c4c(F)cc(C5(C#N)CCOCC5)cc4F)nn23)C[C@@H]1C. The van der Waals surface area contributed by atoms with Crippen molar-refractivity contribution in [3.8, 4) is 17.3 Å². The summed E-state index contributed by atoms with van der Waals surface area (Å²) in [6.45, 7) is 4.39. The third kappa shape index (κ3) is 5.62. The molecular weight excluding hydrogens is 578 g/mol. The lowest BCUT2D eigenvalue weighted by atomic mass is 9.73. The van der Waals surface area contributed by atoms with Gasteiger partial charge in [-0.05, 0) is 79.0 Å². The summed E-state index contributed by atoms with van der Waals surface area (Å²) in [5.41, 5.74) is 8.09. The maximum atomic E-state index is 15.6.